The number of hydrogen-bond donors (Lipinski definition) is 0. The number of halogens is 1. The third-order valence-corrected chi connectivity index (χ3v) is 5.13. The predicted molar refractivity (Wildman–Crippen MR) is 109 cm³/mol. The minimum absolute atomic E-state index is 0.0302. The minimum Gasteiger partial charge on any atom is -0.466 e. The fourth-order valence-corrected chi connectivity index (χ4v) is 3.54. The van der Waals surface area contributed by atoms with Crippen LogP contribution in [-0.2, 0) is 20.7 Å². The van der Waals surface area contributed by atoms with Crippen LogP contribution >= 0.6 is 11.8 Å². The van der Waals surface area contributed by atoms with E-state index in [0.29, 0.717) is 5.69 Å². The zero-order chi connectivity index (χ0) is 21.0. The molecule has 2 aromatic rings. The van der Waals surface area contributed by atoms with Gasteiger partial charge in [-0.1, -0.05) is 31.2 Å². The van der Waals surface area contributed by atoms with Crippen molar-refractivity contribution in [3.63, 3.8) is 0 Å². The summed E-state index contributed by atoms with van der Waals surface area (Å²) < 4.78 is 18.5. The summed E-state index contributed by atoms with van der Waals surface area (Å²) in [6.07, 6.45) is 1.86. The number of anilines is 1. The zero-order valence-electron chi connectivity index (χ0n) is 15.7. The lowest BCUT2D eigenvalue weighted by atomic mass is 10.1. The van der Waals surface area contributed by atoms with Crippen LogP contribution in [0.2, 0.25) is 0 Å². The molecule has 6 nitrogen and oxygen atoms in total. The second-order valence-electron chi connectivity index (χ2n) is 5.97. The molecule has 0 radical (unpaired) electrons. The van der Waals surface area contributed by atoms with Crippen LogP contribution < -0.4 is 4.90 Å². The number of amidine groups is 1. The maximum absolute atomic E-state index is 13.9. The van der Waals surface area contributed by atoms with Crippen LogP contribution in [0.25, 0.3) is 0 Å². The SMILES string of the molecule is CCc1ccc(N2C(=O)C(=CC(=O)OC)SC2=NC(=O)c2ccccc2F)cc1. The molecule has 0 atom stereocenters. The lowest BCUT2D eigenvalue weighted by Gasteiger charge is -2.15. The molecule has 1 aliphatic heterocycles. The van der Waals surface area contributed by atoms with E-state index in [1.807, 2.05) is 19.1 Å². The van der Waals surface area contributed by atoms with Crippen LogP contribution in [0.4, 0.5) is 10.1 Å². The van der Waals surface area contributed by atoms with Gasteiger partial charge in [0.15, 0.2) is 5.17 Å². The number of hydrogen-bond acceptors (Lipinski definition) is 5. The molecule has 0 spiro atoms. The van der Waals surface area contributed by atoms with Gasteiger partial charge < -0.3 is 4.74 Å². The van der Waals surface area contributed by atoms with Gasteiger partial charge in [0.05, 0.1) is 23.3 Å². The molecule has 0 bridgehead atoms. The molecule has 29 heavy (non-hydrogen) atoms. The standard InChI is InChI=1S/C21H17FN2O4S/c1-3-13-8-10-14(11-9-13)24-20(27)17(12-18(25)28-2)29-21(24)23-19(26)15-6-4-5-7-16(15)22/h4-12H,3H2,1-2H3. The van der Waals surface area contributed by atoms with Crippen LogP contribution in [-0.4, -0.2) is 30.1 Å². The summed E-state index contributed by atoms with van der Waals surface area (Å²) in [7, 11) is 1.20. The number of nitrogens with zero attached hydrogens (tertiary/aromatic N) is 2. The number of rotatable bonds is 4. The highest BCUT2D eigenvalue weighted by Gasteiger charge is 2.36. The Labute approximate surface area is 171 Å². The van der Waals surface area contributed by atoms with Gasteiger partial charge in [0.25, 0.3) is 11.8 Å². The molecule has 1 saturated heterocycles. The highest BCUT2D eigenvalue weighted by molar-refractivity contribution is 8.19. The molecule has 0 saturated carbocycles. The number of aryl methyl sites for hydroxylation is 1. The predicted octanol–water partition coefficient (Wildman–Crippen LogP) is 3.72. The third-order valence-electron chi connectivity index (χ3n) is 4.16. The van der Waals surface area contributed by atoms with Gasteiger partial charge in [-0.2, -0.15) is 4.99 Å². The second kappa shape index (κ2) is 8.83. The fraction of sp³-hybridized carbons (Fsp3) is 0.143. The summed E-state index contributed by atoms with van der Waals surface area (Å²) in [6.45, 7) is 2.00. The summed E-state index contributed by atoms with van der Waals surface area (Å²) >= 11 is 0.848. The highest BCUT2D eigenvalue weighted by Crippen LogP contribution is 2.35. The van der Waals surface area contributed by atoms with Gasteiger partial charge in [-0.15, -0.1) is 0 Å². The number of carbonyl (C=O) groups is 3. The number of ether oxygens (including phenoxy) is 1. The Kier molecular flexibility index (Phi) is 6.23. The van der Waals surface area contributed by atoms with Crippen molar-refractivity contribution >= 4 is 40.4 Å². The Bertz CT molecular complexity index is 1030. The third kappa shape index (κ3) is 4.43. The highest BCUT2D eigenvalue weighted by atomic mass is 32.2. The zero-order valence-corrected chi connectivity index (χ0v) is 16.5. The van der Waals surface area contributed by atoms with Crippen molar-refractivity contribution in [2.24, 2.45) is 4.99 Å². The summed E-state index contributed by atoms with van der Waals surface area (Å²) in [4.78, 5) is 42.2. The average molecular weight is 412 g/mol. The molecule has 0 N–H and O–H groups in total. The largest absolute Gasteiger partial charge is 0.466 e. The van der Waals surface area contributed by atoms with Crippen molar-refractivity contribution < 1.29 is 23.5 Å². The molecule has 0 aromatic heterocycles. The number of aliphatic imine (C=N–C) groups is 1. The Balaban J connectivity index is 2.04. The van der Waals surface area contributed by atoms with Crippen molar-refractivity contribution in [3.05, 3.63) is 76.5 Å². The molecule has 2 aromatic carbocycles. The number of esters is 1. The molecule has 1 fully saturated rings. The van der Waals surface area contributed by atoms with Crippen LogP contribution in [0.3, 0.4) is 0 Å². The Morgan fingerprint density at radius 3 is 2.48 bits per heavy atom. The number of thioether (sulfide) groups is 1. The summed E-state index contributed by atoms with van der Waals surface area (Å²) in [6, 6.07) is 12.6. The molecule has 2 amide bonds. The first kappa shape index (κ1) is 20.5. The van der Waals surface area contributed by atoms with Crippen LogP contribution in [0.5, 0.6) is 0 Å². The normalized spacial score (nSPS) is 16.5. The molecule has 8 heteroatoms. The molecule has 1 heterocycles. The smallest absolute Gasteiger partial charge is 0.331 e. The van der Waals surface area contributed by atoms with Crippen LogP contribution in [0, 0.1) is 5.82 Å². The molecule has 0 unspecified atom stereocenters. The van der Waals surface area contributed by atoms with E-state index in [0.717, 1.165) is 35.9 Å². The van der Waals surface area contributed by atoms with Gasteiger partial charge in [-0.25, -0.2) is 9.18 Å². The van der Waals surface area contributed by atoms with Gasteiger partial charge in [-0.3, -0.25) is 14.5 Å². The maximum atomic E-state index is 13.9. The first-order chi connectivity index (χ1) is 13.9. The molecule has 1 aliphatic rings. The van der Waals surface area contributed by atoms with Crippen molar-refractivity contribution in [2.45, 2.75) is 13.3 Å². The molecule has 148 valence electrons. The monoisotopic (exact) mass is 412 g/mol. The van der Waals surface area contributed by atoms with Crippen molar-refractivity contribution in [2.75, 3.05) is 12.0 Å². The van der Waals surface area contributed by atoms with Gasteiger partial charge in [0.1, 0.15) is 5.82 Å². The maximum Gasteiger partial charge on any atom is 0.331 e. The minimum atomic E-state index is -0.826. The van der Waals surface area contributed by atoms with E-state index in [1.165, 1.54) is 30.2 Å². The topological polar surface area (TPSA) is 76.0 Å². The van der Waals surface area contributed by atoms with E-state index < -0.39 is 23.6 Å². The van der Waals surface area contributed by atoms with Crippen molar-refractivity contribution in [1.82, 2.24) is 0 Å². The van der Waals surface area contributed by atoms with Gasteiger partial charge >= 0.3 is 5.97 Å². The quantitative estimate of drug-likeness (QED) is 0.565. The van der Waals surface area contributed by atoms with Crippen molar-refractivity contribution in [1.29, 1.82) is 0 Å². The summed E-state index contributed by atoms with van der Waals surface area (Å²) in [5.41, 5.74) is 1.34. The van der Waals surface area contributed by atoms with Crippen LogP contribution in [0.15, 0.2) is 64.5 Å². The molecule has 0 aliphatic carbocycles. The van der Waals surface area contributed by atoms with E-state index in [2.05, 4.69) is 9.73 Å². The first-order valence-electron chi connectivity index (χ1n) is 8.73. The van der Waals surface area contributed by atoms with Gasteiger partial charge in [0, 0.05) is 6.08 Å². The van der Waals surface area contributed by atoms with Gasteiger partial charge in [0.2, 0.25) is 0 Å². The molecule has 3 rings (SSSR count). The van der Waals surface area contributed by atoms with E-state index in [1.54, 1.807) is 12.1 Å². The molecular formula is C21H17FN2O4S. The lowest BCUT2D eigenvalue weighted by molar-refractivity contribution is -0.135. The number of amides is 2. The number of methoxy groups -OCH3 is 1. The van der Waals surface area contributed by atoms with Gasteiger partial charge in [-0.05, 0) is 48.0 Å². The van der Waals surface area contributed by atoms with Crippen LogP contribution in [0.1, 0.15) is 22.8 Å². The summed E-state index contributed by atoms with van der Waals surface area (Å²) in [5, 5.41) is 0.0302. The average Bonchev–Trinajstić information content (AvgIpc) is 3.02. The Morgan fingerprint density at radius 2 is 1.86 bits per heavy atom. The molecular weight excluding hydrogens is 395 g/mol. The Morgan fingerprint density at radius 1 is 1.17 bits per heavy atom. The fourth-order valence-electron chi connectivity index (χ4n) is 2.60. The van der Waals surface area contributed by atoms with E-state index in [-0.39, 0.29) is 15.6 Å². The number of carbonyl (C=O) groups excluding carboxylic acids is 3. The van der Waals surface area contributed by atoms with Crippen molar-refractivity contribution in [3.8, 4) is 0 Å². The summed E-state index contributed by atoms with van der Waals surface area (Å²) in [5.74, 6) is -2.76. The van der Waals surface area contributed by atoms with E-state index in [4.69, 9.17) is 0 Å². The van der Waals surface area contributed by atoms with E-state index in [9.17, 15) is 18.8 Å². The second-order valence-corrected chi connectivity index (χ2v) is 6.98. The van der Waals surface area contributed by atoms with E-state index >= 15 is 0 Å². The lowest BCUT2D eigenvalue weighted by Crippen LogP contribution is -2.29. The number of benzene rings is 2. The first-order valence-corrected chi connectivity index (χ1v) is 9.54. The Hall–Kier alpha value is -3.26.